The maximum absolute atomic E-state index is 13.0. The van der Waals surface area contributed by atoms with E-state index < -0.39 is 5.95 Å². The molecule has 0 fully saturated rings. The molecule has 0 saturated heterocycles. The molecule has 0 bridgehead atoms. The van der Waals surface area contributed by atoms with Gasteiger partial charge in [0, 0.05) is 11.8 Å². The molecule has 3 aromatic rings. The lowest BCUT2D eigenvalue weighted by Crippen LogP contribution is -2.14. The first-order valence-electron chi connectivity index (χ1n) is 7.91. The van der Waals surface area contributed by atoms with Crippen LogP contribution in [0.3, 0.4) is 0 Å². The predicted molar refractivity (Wildman–Crippen MR) is 96.4 cm³/mol. The van der Waals surface area contributed by atoms with Crippen molar-refractivity contribution in [2.45, 2.75) is 6.92 Å². The Morgan fingerprint density at radius 1 is 1.00 bits per heavy atom. The molecule has 0 spiro atoms. The van der Waals surface area contributed by atoms with Gasteiger partial charge in [-0.1, -0.05) is 6.07 Å². The summed E-state index contributed by atoms with van der Waals surface area (Å²) in [5.41, 5.74) is 1.25. The molecule has 5 nitrogen and oxygen atoms in total. The Bertz CT molecular complexity index is 927. The van der Waals surface area contributed by atoms with Gasteiger partial charge in [0.2, 0.25) is 5.95 Å². The average Bonchev–Trinajstić information content (AvgIpc) is 2.63. The van der Waals surface area contributed by atoms with E-state index in [-0.39, 0.29) is 5.91 Å². The molecule has 1 heterocycles. The number of anilines is 1. The third kappa shape index (κ3) is 4.16. The van der Waals surface area contributed by atoms with E-state index in [1.165, 1.54) is 6.07 Å². The number of carbonyl (C=O) groups is 1. The number of hydrogen-bond donors (Lipinski definition) is 1. The van der Waals surface area contributed by atoms with Gasteiger partial charge in [0.05, 0.1) is 18.4 Å². The molecular weight excluding hydrogens is 335 g/mol. The highest BCUT2D eigenvalue weighted by molar-refractivity contribution is 6.04. The summed E-state index contributed by atoms with van der Waals surface area (Å²) in [6.07, 6.45) is 0. The summed E-state index contributed by atoms with van der Waals surface area (Å²) in [6.45, 7) is 1.59. The van der Waals surface area contributed by atoms with Gasteiger partial charge in [-0.3, -0.25) is 4.79 Å². The minimum absolute atomic E-state index is 0.322. The van der Waals surface area contributed by atoms with E-state index >= 15 is 0 Å². The van der Waals surface area contributed by atoms with Gasteiger partial charge in [-0.2, -0.15) is 4.39 Å². The number of amides is 1. The largest absolute Gasteiger partial charge is 0.497 e. The lowest BCUT2D eigenvalue weighted by Gasteiger charge is -2.10. The molecule has 0 aliphatic heterocycles. The SMILES string of the molecule is COc1cccc(Oc2ccc(NC(=O)c3ccc(F)nc3C)cc2)c1. The lowest BCUT2D eigenvalue weighted by molar-refractivity contribution is 0.102. The number of halogens is 1. The quantitative estimate of drug-likeness (QED) is 0.683. The number of aromatic nitrogens is 1. The van der Waals surface area contributed by atoms with Crippen molar-refractivity contribution in [3.05, 3.63) is 77.9 Å². The number of aryl methyl sites for hydroxylation is 1. The zero-order valence-corrected chi connectivity index (χ0v) is 14.3. The van der Waals surface area contributed by atoms with Crippen LogP contribution in [0.5, 0.6) is 17.2 Å². The van der Waals surface area contributed by atoms with Gasteiger partial charge in [-0.15, -0.1) is 0 Å². The fraction of sp³-hybridized carbons (Fsp3) is 0.100. The van der Waals surface area contributed by atoms with Gasteiger partial charge in [-0.05, 0) is 55.5 Å². The highest BCUT2D eigenvalue weighted by Gasteiger charge is 2.11. The van der Waals surface area contributed by atoms with E-state index in [1.807, 2.05) is 18.2 Å². The van der Waals surface area contributed by atoms with Gasteiger partial charge in [0.25, 0.3) is 5.91 Å². The molecule has 6 heteroatoms. The van der Waals surface area contributed by atoms with Gasteiger partial charge in [0.1, 0.15) is 17.2 Å². The van der Waals surface area contributed by atoms with Crippen LogP contribution in [0.2, 0.25) is 0 Å². The van der Waals surface area contributed by atoms with Gasteiger partial charge < -0.3 is 14.8 Å². The van der Waals surface area contributed by atoms with Crippen molar-refractivity contribution < 1.29 is 18.7 Å². The van der Waals surface area contributed by atoms with Crippen LogP contribution in [-0.4, -0.2) is 18.0 Å². The molecule has 132 valence electrons. The maximum Gasteiger partial charge on any atom is 0.257 e. The number of hydrogen-bond acceptors (Lipinski definition) is 4. The third-order valence-electron chi connectivity index (χ3n) is 3.69. The summed E-state index contributed by atoms with van der Waals surface area (Å²) in [6, 6.07) is 16.8. The van der Waals surface area contributed by atoms with Crippen LogP contribution < -0.4 is 14.8 Å². The van der Waals surface area contributed by atoms with Crippen LogP contribution in [0.1, 0.15) is 16.1 Å². The molecule has 0 aliphatic carbocycles. The first kappa shape index (κ1) is 17.4. The van der Waals surface area contributed by atoms with Gasteiger partial charge >= 0.3 is 0 Å². The van der Waals surface area contributed by atoms with Crippen LogP contribution in [0.4, 0.5) is 10.1 Å². The summed E-state index contributed by atoms with van der Waals surface area (Å²) >= 11 is 0. The molecule has 0 saturated carbocycles. The van der Waals surface area contributed by atoms with Crippen molar-refractivity contribution in [2.75, 3.05) is 12.4 Å². The highest BCUT2D eigenvalue weighted by atomic mass is 19.1. The Kier molecular flexibility index (Phi) is 5.12. The van der Waals surface area contributed by atoms with E-state index in [0.29, 0.717) is 34.2 Å². The number of benzene rings is 2. The Balaban J connectivity index is 1.68. The Morgan fingerprint density at radius 3 is 2.42 bits per heavy atom. The summed E-state index contributed by atoms with van der Waals surface area (Å²) in [5.74, 6) is 1.01. The number of pyridine rings is 1. The van der Waals surface area contributed by atoms with Crippen molar-refractivity contribution in [2.24, 2.45) is 0 Å². The zero-order chi connectivity index (χ0) is 18.5. The topological polar surface area (TPSA) is 60.5 Å². The normalized spacial score (nSPS) is 10.3. The molecule has 0 atom stereocenters. The minimum atomic E-state index is -0.613. The number of nitrogens with zero attached hydrogens (tertiary/aromatic N) is 1. The van der Waals surface area contributed by atoms with E-state index in [0.717, 1.165) is 6.07 Å². The number of ether oxygens (including phenoxy) is 2. The van der Waals surface area contributed by atoms with Crippen molar-refractivity contribution in [3.8, 4) is 17.2 Å². The number of nitrogens with one attached hydrogen (secondary N) is 1. The number of methoxy groups -OCH3 is 1. The Morgan fingerprint density at radius 2 is 1.73 bits per heavy atom. The van der Waals surface area contributed by atoms with Crippen molar-refractivity contribution in [3.63, 3.8) is 0 Å². The van der Waals surface area contributed by atoms with Crippen LogP contribution in [-0.2, 0) is 0 Å². The van der Waals surface area contributed by atoms with Crippen molar-refractivity contribution in [1.29, 1.82) is 0 Å². The van der Waals surface area contributed by atoms with Gasteiger partial charge in [-0.25, -0.2) is 4.98 Å². The minimum Gasteiger partial charge on any atom is -0.497 e. The van der Waals surface area contributed by atoms with E-state index in [1.54, 1.807) is 44.4 Å². The molecule has 0 aliphatic rings. The molecular formula is C20H17FN2O3. The summed E-state index contributed by atoms with van der Waals surface area (Å²) in [7, 11) is 1.59. The second-order valence-corrected chi connectivity index (χ2v) is 5.53. The second-order valence-electron chi connectivity index (χ2n) is 5.53. The molecule has 3 rings (SSSR count). The number of carbonyl (C=O) groups excluding carboxylic acids is 1. The van der Waals surface area contributed by atoms with Crippen LogP contribution in [0.15, 0.2) is 60.7 Å². The van der Waals surface area contributed by atoms with E-state index in [9.17, 15) is 9.18 Å². The molecule has 1 amide bonds. The molecule has 2 aromatic carbocycles. The summed E-state index contributed by atoms with van der Waals surface area (Å²) in [5, 5.41) is 2.75. The van der Waals surface area contributed by atoms with Crippen LogP contribution in [0, 0.1) is 12.9 Å². The molecule has 0 radical (unpaired) electrons. The monoisotopic (exact) mass is 352 g/mol. The standard InChI is InChI=1S/C20H17FN2O3/c1-13-18(10-11-19(21)22-13)20(24)23-14-6-8-15(9-7-14)26-17-5-3-4-16(12-17)25-2/h3-12H,1-2H3,(H,23,24). The summed E-state index contributed by atoms with van der Waals surface area (Å²) < 4.78 is 24.0. The average molecular weight is 352 g/mol. The molecule has 1 aromatic heterocycles. The highest BCUT2D eigenvalue weighted by Crippen LogP contribution is 2.26. The van der Waals surface area contributed by atoms with Crippen LogP contribution in [0.25, 0.3) is 0 Å². The third-order valence-corrected chi connectivity index (χ3v) is 3.69. The van der Waals surface area contributed by atoms with Crippen LogP contribution >= 0.6 is 0 Å². The zero-order valence-electron chi connectivity index (χ0n) is 14.3. The first-order chi connectivity index (χ1) is 12.5. The predicted octanol–water partition coefficient (Wildman–Crippen LogP) is 4.58. The first-order valence-corrected chi connectivity index (χ1v) is 7.91. The van der Waals surface area contributed by atoms with Crippen molar-refractivity contribution in [1.82, 2.24) is 4.98 Å². The molecule has 1 N–H and O–H groups in total. The fourth-order valence-electron chi connectivity index (χ4n) is 2.38. The Labute approximate surface area is 150 Å². The van der Waals surface area contributed by atoms with Crippen molar-refractivity contribution >= 4 is 11.6 Å². The fourth-order valence-corrected chi connectivity index (χ4v) is 2.38. The maximum atomic E-state index is 13.0. The smallest absolute Gasteiger partial charge is 0.257 e. The lowest BCUT2D eigenvalue weighted by atomic mass is 10.2. The van der Waals surface area contributed by atoms with Gasteiger partial charge in [0.15, 0.2) is 0 Å². The second kappa shape index (κ2) is 7.65. The molecule has 26 heavy (non-hydrogen) atoms. The Hall–Kier alpha value is -3.41. The summed E-state index contributed by atoms with van der Waals surface area (Å²) in [4.78, 5) is 15.9. The number of rotatable bonds is 5. The molecule has 0 unspecified atom stereocenters. The van der Waals surface area contributed by atoms with E-state index in [2.05, 4.69) is 10.3 Å². The van der Waals surface area contributed by atoms with E-state index in [4.69, 9.17) is 9.47 Å².